The fourth-order valence-corrected chi connectivity index (χ4v) is 7.16. The monoisotopic (exact) mass is 717 g/mol. The van der Waals surface area contributed by atoms with Gasteiger partial charge in [0.15, 0.2) is 0 Å². The minimum atomic E-state index is -0.637. The van der Waals surface area contributed by atoms with Crippen molar-refractivity contribution in [2.75, 3.05) is 34.2 Å². The van der Waals surface area contributed by atoms with Crippen LogP contribution < -0.4 is 21.4 Å². The Kier molecular flexibility index (Phi) is 21.2. The van der Waals surface area contributed by atoms with Gasteiger partial charge >= 0.3 is 0 Å². The normalized spacial score (nSPS) is 22.7. The van der Waals surface area contributed by atoms with Crippen molar-refractivity contribution in [2.24, 2.45) is 21.9 Å². The molecule has 4 N–H and O–H groups in total. The lowest BCUT2D eigenvalue weighted by atomic mass is 9.69. The Morgan fingerprint density at radius 3 is 2.38 bits per heavy atom. The number of carbonyl (C=O) groups excluding carboxylic acids is 2. The van der Waals surface area contributed by atoms with Crippen LogP contribution in [0.3, 0.4) is 0 Å². The van der Waals surface area contributed by atoms with E-state index in [1.54, 1.807) is 25.2 Å². The Labute approximate surface area is 315 Å². The van der Waals surface area contributed by atoms with E-state index in [1.807, 2.05) is 25.2 Å². The highest BCUT2D eigenvalue weighted by atomic mass is 16.2. The van der Waals surface area contributed by atoms with Crippen molar-refractivity contribution >= 4 is 24.4 Å². The maximum Gasteiger partial charge on any atom is 0.251 e. The minimum Gasteiger partial charge on any atom is -0.394 e. The number of hydrogen-bond donors (Lipinski definition) is 4. The topological polar surface area (TPSA) is 134 Å². The third-order valence-electron chi connectivity index (χ3n) is 10.1. The molecule has 1 saturated heterocycles. The van der Waals surface area contributed by atoms with Crippen LogP contribution in [0, 0.1) is 23.2 Å². The van der Waals surface area contributed by atoms with E-state index in [2.05, 4.69) is 111 Å². The number of amides is 2. The fraction of sp³-hybridized carbons (Fsp3) is 0.595. The number of hydrogen-bond acceptors (Lipinski definition) is 7. The Morgan fingerprint density at radius 1 is 1.17 bits per heavy atom. The molecule has 2 amide bonds. The predicted octanol–water partition coefficient (Wildman–Crippen LogP) is 7.06. The molecule has 3 aliphatic rings. The molecule has 1 saturated carbocycles. The Morgan fingerprint density at radius 2 is 1.85 bits per heavy atom. The number of rotatable bonds is 12. The first kappa shape index (κ1) is 45.8. The summed E-state index contributed by atoms with van der Waals surface area (Å²) >= 11 is 0. The summed E-state index contributed by atoms with van der Waals surface area (Å²) in [6.45, 7) is 22.7. The predicted molar refractivity (Wildman–Crippen MR) is 219 cm³/mol. The number of carbonyl (C=O) groups is 2. The molecule has 0 aromatic heterocycles. The van der Waals surface area contributed by atoms with E-state index in [4.69, 9.17) is 0 Å². The molecular formula is C42H68N8O2. The maximum absolute atomic E-state index is 13.1. The van der Waals surface area contributed by atoms with Gasteiger partial charge in [-0.05, 0) is 101 Å². The fourth-order valence-electron chi connectivity index (χ4n) is 7.16. The highest BCUT2D eigenvalue weighted by Gasteiger charge is 2.60. The molecule has 1 heterocycles. The Balaban J connectivity index is 0.000000823. The number of fused-ring (bicyclic) bond motifs is 2. The molecule has 5 atom stereocenters. The van der Waals surface area contributed by atoms with Gasteiger partial charge in [0.05, 0.1) is 18.0 Å². The molecule has 0 bridgehead atoms. The standard InChI is InChI=1S/C29H39N7O2.C7H14.C3H7N.C3H8/c1-17-7-8-20-13-21(27(38)31-4)9-10-24(20)29(19(17)3,28(32-5)35-33-6)11-12-34-16-25(37)36-22(15-30)14-23-18(2)26(23)36;1-3-5-7-6-4-2;1-3-4-2;1-3-2/h9-10,13,18,22-23,26,34H,6-8,11-12,14,16H2,1-5H3,(H,31,38)(H,32,35);3,5H,4,6-7H2,1-2H3;3-4H,1H2,2H3;3H2,1-2H3/b;5-3-;;. The van der Waals surface area contributed by atoms with Gasteiger partial charge in [-0.1, -0.05) is 82.9 Å². The van der Waals surface area contributed by atoms with Gasteiger partial charge in [0.2, 0.25) is 5.91 Å². The van der Waals surface area contributed by atoms with Crippen LogP contribution in [0.5, 0.6) is 0 Å². The van der Waals surface area contributed by atoms with Crippen LogP contribution >= 0.6 is 0 Å². The average molecular weight is 717 g/mol. The quantitative estimate of drug-likeness (QED) is 0.0602. The number of piperidine rings is 1. The molecule has 1 aromatic carbocycles. The van der Waals surface area contributed by atoms with Gasteiger partial charge in [-0.2, -0.15) is 10.4 Å². The van der Waals surface area contributed by atoms with E-state index in [-0.39, 0.29) is 30.4 Å². The molecule has 5 unspecified atom stereocenters. The number of nitrogens with one attached hydrogen (secondary N) is 4. The summed E-state index contributed by atoms with van der Waals surface area (Å²) in [5.41, 5.74) is 7.63. The van der Waals surface area contributed by atoms with Crippen LogP contribution in [0.25, 0.3) is 0 Å². The van der Waals surface area contributed by atoms with Gasteiger partial charge in [0.25, 0.3) is 5.91 Å². The van der Waals surface area contributed by atoms with Gasteiger partial charge in [0.1, 0.15) is 11.9 Å². The number of nitriles is 1. The van der Waals surface area contributed by atoms with E-state index in [1.165, 1.54) is 36.8 Å². The smallest absolute Gasteiger partial charge is 0.251 e. The zero-order valence-corrected chi connectivity index (χ0v) is 33.9. The van der Waals surface area contributed by atoms with Crippen molar-refractivity contribution in [1.29, 1.82) is 5.26 Å². The first-order valence-corrected chi connectivity index (χ1v) is 19.0. The van der Waals surface area contributed by atoms with Gasteiger partial charge < -0.3 is 20.9 Å². The van der Waals surface area contributed by atoms with Crippen molar-refractivity contribution in [3.05, 3.63) is 71.0 Å². The minimum absolute atomic E-state index is 0.0161. The van der Waals surface area contributed by atoms with Gasteiger partial charge in [-0.25, -0.2) is 0 Å². The number of amidine groups is 1. The van der Waals surface area contributed by atoms with Crippen LogP contribution in [0.15, 0.2) is 64.4 Å². The van der Waals surface area contributed by atoms with Crippen LogP contribution in [-0.4, -0.2) is 75.6 Å². The molecule has 2 aliphatic carbocycles. The lowest BCUT2D eigenvalue weighted by molar-refractivity contribution is -0.131. The first-order chi connectivity index (χ1) is 25.0. The molecule has 0 radical (unpaired) electrons. The summed E-state index contributed by atoms with van der Waals surface area (Å²) < 4.78 is 0. The van der Waals surface area contributed by atoms with E-state index in [0.717, 1.165) is 30.4 Å². The first-order valence-electron chi connectivity index (χ1n) is 19.0. The maximum atomic E-state index is 13.1. The van der Waals surface area contributed by atoms with Gasteiger partial charge in [-0.3, -0.25) is 20.0 Å². The largest absolute Gasteiger partial charge is 0.394 e. The van der Waals surface area contributed by atoms with Crippen LogP contribution in [-0.2, 0) is 16.6 Å². The molecule has 0 spiro atoms. The van der Waals surface area contributed by atoms with Crippen molar-refractivity contribution in [1.82, 2.24) is 26.3 Å². The number of unbranched alkanes of at least 4 members (excludes halogenated alkanes) is 2. The number of likely N-dealkylation sites (tertiary alicyclic amines) is 1. The van der Waals surface area contributed by atoms with Crippen molar-refractivity contribution in [2.45, 2.75) is 117 Å². The number of aliphatic imine (C=N–C) groups is 1. The highest BCUT2D eigenvalue weighted by Crippen LogP contribution is 2.52. The average Bonchev–Trinajstić information content (AvgIpc) is 3.62. The number of allylic oxidation sites excluding steroid dienone is 3. The second kappa shape index (κ2) is 24.1. The molecule has 2 fully saturated rings. The molecule has 4 rings (SSSR count). The number of hydrazone groups is 1. The summed E-state index contributed by atoms with van der Waals surface area (Å²) in [5.74, 6) is 1.48. The van der Waals surface area contributed by atoms with Crippen LogP contribution in [0.4, 0.5) is 0 Å². The van der Waals surface area contributed by atoms with E-state index in [0.29, 0.717) is 36.2 Å². The summed E-state index contributed by atoms with van der Waals surface area (Å²) in [4.78, 5) is 31.9. The third kappa shape index (κ3) is 11.9. The molecule has 1 aliphatic heterocycles. The summed E-state index contributed by atoms with van der Waals surface area (Å²) in [6.07, 6.45) is 14.2. The van der Waals surface area contributed by atoms with E-state index in [9.17, 15) is 14.9 Å². The van der Waals surface area contributed by atoms with Crippen LogP contribution in [0.1, 0.15) is 115 Å². The second-order valence-corrected chi connectivity index (χ2v) is 13.6. The van der Waals surface area contributed by atoms with E-state index < -0.39 is 5.41 Å². The number of benzene rings is 1. The molecule has 10 heteroatoms. The second-order valence-electron chi connectivity index (χ2n) is 13.6. The highest BCUT2D eigenvalue weighted by molar-refractivity contribution is 5.98. The third-order valence-corrected chi connectivity index (χ3v) is 10.1. The summed E-state index contributed by atoms with van der Waals surface area (Å²) in [5, 5.41) is 22.3. The van der Waals surface area contributed by atoms with Crippen LogP contribution in [0.2, 0.25) is 0 Å². The lowest BCUT2D eigenvalue weighted by Gasteiger charge is -2.38. The molecule has 1 aromatic rings. The molecule has 10 nitrogen and oxygen atoms in total. The van der Waals surface area contributed by atoms with Crippen molar-refractivity contribution < 1.29 is 9.59 Å². The lowest BCUT2D eigenvalue weighted by Crippen LogP contribution is -2.48. The zero-order valence-electron chi connectivity index (χ0n) is 33.9. The molecule has 52 heavy (non-hydrogen) atoms. The molecule has 288 valence electrons. The van der Waals surface area contributed by atoms with Gasteiger partial charge in [-0.15, -0.1) is 0 Å². The number of aryl methyl sites for hydroxylation is 1. The summed E-state index contributed by atoms with van der Waals surface area (Å²) in [7, 11) is 5.18. The van der Waals surface area contributed by atoms with Crippen molar-refractivity contribution in [3.63, 3.8) is 0 Å². The summed E-state index contributed by atoms with van der Waals surface area (Å²) in [6, 6.07) is 8.05. The van der Waals surface area contributed by atoms with Crippen molar-refractivity contribution in [3.8, 4) is 6.07 Å². The zero-order chi connectivity index (χ0) is 39.3. The van der Waals surface area contributed by atoms with Gasteiger partial charge in [0, 0.05) is 39.5 Å². The Hall–Kier alpha value is -4.23. The van der Waals surface area contributed by atoms with E-state index >= 15 is 0 Å². The number of nitrogens with zero attached hydrogens (tertiary/aromatic N) is 4. The Bertz CT molecular complexity index is 1440. The SMILES string of the molecule is C/C=C\CCCC.C=CNC.C=NNC(=NC)C1(CCNCC(=O)N2C(C#N)CC3C(C)C32)C(C)=C(C)CCc2cc(C(=O)NC)ccc21.CCC. The molecular weight excluding hydrogens is 649 g/mol.